The fourth-order valence-corrected chi connectivity index (χ4v) is 4.94. The second kappa shape index (κ2) is 11.6. The molecule has 0 bridgehead atoms. The van der Waals surface area contributed by atoms with Crippen LogP contribution in [0.5, 0.6) is 0 Å². The first-order valence-electron chi connectivity index (χ1n) is 12.5. The summed E-state index contributed by atoms with van der Waals surface area (Å²) in [7, 11) is 0. The Morgan fingerprint density at radius 3 is 2.29 bits per heavy atom. The van der Waals surface area contributed by atoms with Gasteiger partial charge in [-0.15, -0.1) is 0 Å². The average Bonchev–Trinajstić information content (AvgIpc) is 3.23. The summed E-state index contributed by atoms with van der Waals surface area (Å²) in [6.07, 6.45) is 7.71. The van der Waals surface area contributed by atoms with Crippen molar-refractivity contribution in [3.05, 3.63) is 58.3 Å². The number of amides is 2. The van der Waals surface area contributed by atoms with Crippen molar-refractivity contribution in [2.24, 2.45) is 5.41 Å². The summed E-state index contributed by atoms with van der Waals surface area (Å²) in [6.45, 7) is 11.2. The molecule has 1 saturated carbocycles. The van der Waals surface area contributed by atoms with E-state index < -0.39 is 5.41 Å². The second-order valence-electron chi connectivity index (χ2n) is 10.8. The Morgan fingerprint density at radius 1 is 1.06 bits per heavy atom. The van der Waals surface area contributed by atoms with E-state index in [1.807, 2.05) is 34.6 Å². The van der Waals surface area contributed by atoms with Crippen molar-refractivity contribution in [1.82, 2.24) is 14.4 Å². The molecule has 0 radical (unpaired) electrons. The topological polar surface area (TPSA) is 45.6 Å². The molecule has 0 unspecified atom stereocenters. The molecule has 0 saturated heterocycles. The van der Waals surface area contributed by atoms with Gasteiger partial charge < -0.3 is 14.4 Å². The van der Waals surface area contributed by atoms with Crippen molar-refractivity contribution in [2.75, 3.05) is 6.54 Å². The fourth-order valence-electron chi connectivity index (χ4n) is 4.68. The molecule has 0 aliphatic heterocycles. The van der Waals surface area contributed by atoms with Gasteiger partial charge in [-0.3, -0.25) is 9.59 Å². The van der Waals surface area contributed by atoms with Gasteiger partial charge in [0.05, 0.1) is 6.54 Å². The molecule has 0 N–H and O–H groups in total. The zero-order valence-electron chi connectivity index (χ0n) is 21.4. The first-order chi connectivity index (χ1) is 16.1. The number of aromatic nitrogens is 1. The van der Waals surface area contributed by atoms with Gasteiger partial charge >= 0.3 is 0 Å². The highest BCUT2D eigenvalue weighted by molar-refractivity contribution is 9.10. The minimum absolute atomic E-state index is 0.0230. The maximum absolute atomic E-state index is 13.7. The molecule has 34 heavy (non-hydrogen) atoms. The summed E-state index contributed by atoms with van der Waals surface area (Å²) in [5.74, 6) is 0.0765. The minimum atomic E-state index is -0.514. The molecule has 186 valence electrons. The lowest BCUT2D eigenvalue weighted by Crippen LogP contribution is -2.51. The van der Waals surface area contributed by atoms with Crippen LogP contribution in [0.4, 0.5) is 0 Å². The van der Waals surface area contributed by atoms with E-state index in [0.717, 1.165) is 42.4 Å². The summed E-state index contributed by atoms with van der Waals surface area (Å²) in [5, 5.41) is 0. The summed E-state index contributed by atoms with van der Waals surface area (Å²) >= 11 is 3.50. The smallest absolute Gasteiger partial charge is 0.242 e. The highest BCUT2D eigenvalue weighted by Gasteiger charge is 2.33. The van der Waals surface area contributed by atoms with Crippen LogP contribution < -0.4 is 0 Å². The Labute approximate surface area is 213 Å². The van der Waals surface area contributed by atoms with Gasteiger partial charge in [0.15, 0.2) is 0 Å². The number of halogens is 1. The standard InChI is InChI=1S/C28H40BrN3O2/c1-21(2)31(27(34)28(3,4)5)20-26(33)32(24-10-7-6-8-11-24)19-25-12-9-17-30(25)18-22-13-15-23(29)16-14-22/h9,12-17,21,24H,6-8,10-11,18-20H2,1-5H3. The molecule has 3 rings (SSSR count). The normalized spacial score (nSPS) is 14.9. The summed E-state index contributed by atoms with van der Waals surface area (Å²) in [6, 6.07) is 12.7. The van der Waals surface area contributed by atoms with Crippen molar-refractivity contribution in [2.45, 2.75) is 91.9 Å². The molecule has 1 aromatic carbocycles. The first kappa shape index (κ1) is 26.5. The third kappa shape index (κ3) is 6.97. The molecular weight excluding hydrogens is 490 g/mol. The third-order valence-electron chi connectivity index (χ3n) is 6.69. The Morgan fingerprint density at radius 2 is 1.71 bits per heavy atom. The van der Waals surface area contributed by atoms with Crippen LogP contribution in [0.15, 0.2) is 47.1 Å². The van der Waals surface area contributed by atoms with Crippen molar-refractivity contribution in [3.8, 4) is 0 Å². The highest BCUT2D eigenvalue weighted by atomic mass is 79.9. The monoisotopic (exact) mass is 529 g/mol. The number of carbonyl (C=O) groups is 2. The van der Waals surface area contributed by atoms with Crippen molar-refractivity contribution < 1.29 is 9.59 Å². The minimum Gasteiger partial charge on any atom is -0.345 e. The second-order valence-corrected chi connectivity index (χ2v) is 11.8. The molecule has 5 nitrogen and oxygen atoms in total. The zero-order valence-corrected chi connectivity index (χ0v) is 23.0. The van der Waals surface area contributed by atoms with Crippen LogP contribution >= 0.6 is 15.9 Å². The Hall–Kier alpha value is -2.08. The van der Waals surface area contributed by atoms with Crippen LogP contribution in [-0.4, -0.2) is 44.8 Å². The van der Waals surface area contributed by atoms with E-state index in [0.29, 0.717) is 6.54 Å². The molecule has 1 fully saturated rings. The lowest BCUT2D eigenvalue weighted by Gasteiger charge is -2.38. The zero-order chi connectivity index (χ0) is 24.9. The maximum atomic E-state index is 13.7. The Kier molecular flexibility index (Phi) is 9.02. The predicted molar refractivity (Wildman–Crippen MR) is 141 cm³/mol. The SMILES string of the molecule is CC(C)N(CC(=O)N(Cc1cccn1Cc1ccc(Br)cc1)C1CCCCC1)C(=O)C(C)(C)C. The van der Waals surface area contributed by atoms with Crippen molar-refractivity contribution in [3.63, 3.8) is 0 Å². The van der Waals surface area contributed by atoms with E-state index in [4.69, 9.17) is 0 Å². The van der Waals surface area contributed by atoms with E-state index in [1.54, 1.807) is 4.90 Å². The molecule has 0 atom stereocenters. The van der Waals surface area contributed by atoms with Crippen LogP contribution in [0, 0.1) is 5.41 Å². The number of nitrogens with zero attached hydrogens (tertiary/aromatic N) is 3. The van der Waals surface area contributed by atoms with E-state index in [-0.39, 0.29) is 30.4 Å². The van der Waals surface area contributed by atoms with Gasteiger partial charge in [-0.1, -0.05) is 68.1 Å². The van der Waals surface area contributed by atoms with Gasteiger partial charge in [0, 0.05) is 40.4 Å². The lowest BCUT2D eigenvalue weighted by molar-refractivity contribution is -0.148. The van der Waals surface area contributed by atoms with E-state index in [9.17, 15) is 9.59 Å². The van der Waals surface area contributed by atoms with E-state index in [1.165, 1.54) is 12.0 Å². The van der Waals surface area contributed by atoms with Crippen molar-refractivity contribution >= 4 is 27.7 Å². The number of carbonyl (C=O) groups excluding carboxylic acids is 2. The number of benzene rings is 1. The third-order valence-corrected chi connectivity index (χ3v) is 7.22. The van der Waals surface area contributed by atoms with Crippen LogP contribution in [0.3, 0.4) is 0 Å². The average molecular weight is 531 g/mol. The fraction of sp³-hybridized carbons (Fsp3) is 0.571. The Bertz CT molecular complexity index is 953. The number of rotatable bonds is 8. The van der Waals surface area contributed by atoms with Gasteiger partial charge in [0.2, 0.25) is 11.8 Å². The quantitative estimate of drug-likeness (QED) is 0.406. The highest BCUT2D eigenvalue weighted by Crippen LogP contribution is 2.26. The molecule has 2 aromatic rings. The molecular formula is C28H40BrN3O2. The predicted octanol–water partition coefficient (Wildman–Crippen LogP) is 6.24. The number of hydrogen-bond donors (Lipinski definition) is 0. The van der Waals surface area contributed by atoms with Crippen LogP contribution in [0.2, 0.25) is 0 Å². The van der Waals surface area contributed by atoms with Gasteiger partial charge in [0.25, 0.3) is 0 Å². The maximum Gasteiger partial charge on any atom is 0.242 e. The Balaban J connectivity index is 1.82. The first-order valence-corrected chi connectivity index (χ1v) is 13.3. The van der Waals surface area contributed by atoms with Crippen LogP contribution in [0.1, 0.15) is 78.0 Å². The van der Waals surface area contributed by atoms with E-state index in [2.05, 4.69) is 68.0 Å². The van der Waals surface area contributed by atoms with Gasteiger partial charge in [-0.2, -0.15) is 0 Å². The van der Waals surface area contributed by atoms with E-state index >= 15 is 0 Å². The van der Waals surface area contributed by atoms with Crippen LogP contribution in [0.25, 0.3) is 0 Å². The van der Waals surface area contributed by atoms with Crippen molar-refractivity contribution in [1.29, 1.82) is 0 Å². The molecule has 2 amide bonds. The molecule has 1 aliphatic rings. The van der Waals surface area contributed by atoms with Crippen LogP contribution in [-0.2, 0) is 22.7 Å². The molecule has 1 heterocycles. The summed E-state index contributed by atoms with van der Waals surface area (Å²) in [4.78, 5) is 30.6. The summed E-state index contributed by atoms with van der Waals surface area (Å²) < 4.78 is 3.30. The largest absolute Gasteiger partial charge is 0.345 e. The molecule has 1 aromatic heterocycles. The summed E-state index contributed by atoms with van der Waals surface area (Å²) in [5.41, 5.74) is 1.83. The molecule has 6 heteroatoms. The lowest BCUT2D eigenvalue weighted by atomic mass is 9.93. The molecule has 1 aliphatic carbocycles. The van der Waals surface area contributed by atoms with Gasteiger partial charge in [-0.05, 0) is 56.5 Å². The van der Waals surface area contributed by atoms with Gasteiger partial charge in [-0.25, -0.2) is 0 Å². The number of hydrogen-bond acceptors (Lipinski definition) is 2. The van der Waals surface area contributed by atoms with Gasteiger partial charge in [0.1, 0.15) is 6.54 Å². The molecule has 0 spiro atoms.